The average molecular weight is 611 g/mol. The molecule has 0 saturated carbocycles. The number of benzene rings is 2. The minimum absolute atomic E-state index is 0.0462. The molecule has 0 aliphatic carbocycles. The molecule has 208 valence electrons. The Labute approximate surface area is 230 Å². The molecule has 2 aliphatic heterocycles. The number of ether oxygens (including phenoxy) is 2. The SMILES string of the molecule is O=C(OCc1ccc(OC(F)(F)F)c(Br)c1)N1CCN(C2CCN(C(=O)c3cccc4[nH]nnc34)CC2)CC1. The lowest BCUT2D eigenvalue weighted by molar-refractivity contribution is -0.274. The van der Waals surface area contributed by atoms with Gasteiger partial charge in [-0.3, -0.25) is 14.8 Å². The van der Waals surface area contributed by atoms with Gasteiger partial charge in [-0.1, -0.05) is 17.3 Å². The van der Waals surface area contributed by atoms with E-state index >= 15 is 0 Å². The molecule has 39 heavy (non-hydrogen) atoms. The molecule has 3 heterocycles. The van der Waals surface area contributed by atoms with Crippen LogP contribution in [0.1, 0.15) is 28.8 Å². The van der Waals surface area contributed by atoms with Gasteiger partial charge in [-0.05, 0) is 58.6 Å². The van der Waals surface area contributed by atoms with Gasteiger partial charge < -0.3 is 19.3 Å². The molecule has 1 aromatic heterocycles. The number of aromatic amines is 1. The quantitative estimate of drug-likeness (QED) is 0.462. The van der Waals surface area contributed by atoms with Gasteiger partial charge in [0.15, 0.2) is 0 Å². The molecule has 0 bridgehead atoms. The Bertz CT molecular complexity index is 1340. The maximum atomic E-state index is 13.1. The van der Waals surface area contributed by atoms with Gasteiger partial charge >= 0.3 is 12.5 Å². The highest BCUT2D eigenvalue weighted by atomic mass is 79.9. The van der Waals surface area contributed by atoms with Crippen LogP contribution in [0.15, 0.2) is 40.9 Å². The second-order valence-electron chi connectivity index (χ2n) is 9.43. The van der Waals surface area contributed by atoms with Crippen LogP contribution in [0.3, 0.4) is 0 Å². The van der Waals surface area contributed by atoms with E-state index in [9.17, 15) is 22.8 Å². The maximum Gasteiger partial charge on any atom is 0.573 e. The van der Waals surface area contributed by atoms with Gasteiger partial charge in [0.05, 0.1) is 15.6 Å². The summed E-state index contributed by atoms with van der Waals surface area (Å²) < 4.78 is 46.7. The molecule has 2 amide bonds. The molecule has 0 radical (unpaired) electrons. The number of aromatic nitrogens is 3. The Morgan fingerprint density at radius 3 is 2.46 bits per heavy atom. The highest BCUT2D eigenvalue weighted by molar-refractivity contribution is 9.10. The van der Waals surface area contributed by atoms with Crippen molar-refractivity contribution in [3.8, 4) is 5.75 Å². The molecular weight excluding hydrogens is 585 g/mol. The van der Waals surface area contributed by atoms with E-state index in [1.807, 2.05) is 17.0 Å². The van der Waals surface area contributed by atoms with Crippen molar-refractivity contribution in [3.05, 3.63) is 52.0 Å². The Hall–Kier alpha value is -3.39. The first-order valence-electron chi connectivity index (χ1n) is 12.5. The smallest absolute Gasteiger partial charge is 0.445 e. The molecule has 10 nitrogen and oxygen atoms in total. The molecule has 14 heteroatoms. The summed E-state index contributed by atoms with van der Waals surface area (Å²) in [4.78, 5) is 31.5. The molecule has 2 saturated heterocycles. The predicted octanol–water partition coefficient (Wildman–Crippen LogP) is 4.18. The summed E-state index contributed by atoms with van der Waals surface area (Å²) in [5, 5.41) is 10.6. The van der Waals surface area contributed by atoms with Gasteiger partial charge in [0.25, 0.3) is 5.91 Å². The molecule has 0 spiro atoms. The number of amides is 2. The van der Waals surface area contributed by atoms with E-state index in [1.54, 1.807) is 11.0 Å². The molecule has 0 unspecified atom stereocenters. The number of carbonyl (C=O) groups excluding carboxylic acids is 2. The molecule has 5 rings (SSSR count). The Kier molecular flexibility index (Phi) is 7.93. The van der Waals surface area contributed by atoms with E-state index in [-0.39, 0.29) is 22.7 Å². The fourth-order valence-electron chi connectivity index (χ4n) is 4.99. The fourth-order valence-corrected chi connectivity index (χ4v) is 5.50. The number of piperidine rings is 1. The van der Waals surface area contributed by atoms with E-state index in [4.69, 9.17) is 4.74 Å². The summed E-state index contributed by atoms with van der Waals surface area (Å²) >= 11 is 3.05. The minimum Gasteiger partial charge on any atom is -0.445 e. The lowest BCUT2D eigenvalue weighted by Gasteiger charge is -2.42. The molecule has 2 aliphatic rings. The summed E-state index contributed by atoms with van der Waals surface area (Å²) in [6, 6.07) is 9.76. The molecule has 1 N–H and O–H groups in total. The van der Waals surface area contributed by atoms with Crippen molar-refractivity contribution < 1.29 is 32.2 Å². The Balaban J connectivity index is 1.06. The summed E-state index contributed by atoms with van der Waals surface area (Å²) in [5.41, 5.74) is 2.38. The van der Waals surface area contributed by atoms with Crippen LogP contribution in [0, 0.1) is 0 Å². The summed E-state index contributed by atoms with van der Waals surface area (Å²) in [7, 11) is 0. The van der Waals surface area contributed by atoms with Crippen molar-refractivity contribution in [3.63, 3.8) is 0 Å². The number of nitrogens with zero attached hydrogens (tertiary/aromatic N) is 5. The number of halogens is 4. The minimum atomic E-state index is -4.79. The van der Waals surface area contributed by atoms with Crippen LogP contribution in [0.2, 0.25) is 0 Å². The molecular formula is C25H26BrF3N6O4. The van der Waals surface area contributed by atoms with Crippen molar-refractivity contribution >= 4 is 39.0 Å². The van der Waals surface area contributed by atoms with E-state index in [0.29, 0.717) is 62.0 Å². The number of rotatable bonds is 5. The Morgan fingerprint density at radius 2 is 1.77 bits per heavy atom. The zero-order chi connectivity index (χ0) is 27.6. The van der Waals surface area contributed by atoms with E-state index in [2.05, 4.69) is 41.0 Å². The number of fused-ring (bicyclic) bond motifs is 1. The fraction of sp³-hybridized carbons (Fsp3) is 0.440. The van der Waals surface area contributed by atoms with Crippen LogP contribution in [-0.4, -0.2) is 93.8 Å². The highest BCUT2D eigenvalue weighted by Crippen LogP contribution is 2.31. The van der Waals surface area contributed by atoms with Crippen molar-refractivity contribution in [2.45, 2.75) is 31.9 Å². The van der Waals surface area contributed by atoms with Crippen molar-refractivity contribution in [2.75, 3.05) is 39.3 Å². The first-order valence-corrected chi connectivity index (χ1v) is 13.3. The number of nitrogens with one attached hydrogen (secondary N) is 1. The van der Waals surface area contributed by atoms with Crippen LogP contribution < -0.4 is 4.74 Å². The second-order valence-corrected chi connectivity index (χ2v) is 10.3. The average Bonchev–Trinajstić information content (AvgIpc) is 3.41. The monoisotopic (exact) mass is 610 g/mol. The van der Waals surface area contributed by atoms with Gasteiger partial charge in [-0.2, -0.15) is 0 Å². The number of hydrogen-bond donors (Lipinski definition) is 1. The summed E-state index contributed by atoms with van der Waals surface area (Å²) in [6.07, 6.45) is -3.58. The van der Waals surface area contributed by atoms with Gasteiger partial charge in [0.2, 0.25) is 0 Å². The standard InChI is InChI=1S/C25H26BrF3N6O4/c26-19-14-16(4-5-21(19)39-25(27,28)29)15-38-24(37)35-12-10-33(11-13-35)17-6-8-34(9-7-17)23(36)18-2-1-3-20-22(18)31-32-30-20/h1-5,14,17H,6-13,15H2,(H,30,31,32). The third-order valence-corrected chi connectivity index (χ3v) is 7.63. The highest BCUT2D eigenvalue weighted by Gasteiger charge is 2.33. The lowest BCUT2D eigenvalue weighted by Crippen LogP contribution is -2.54. The predicted molar refractivity (Wildman–Crippen MR) is 137 cm³/mol. The van der Waals surface area contributed by atoms with Crippen LogP contribution in [0.25, 0.3) is 11.0 Å². The van der Waals surface area contributed by atoms with Crippen LogP contribution >= 0.6 is 15.9 Å². The zero-order valence-corrected chi connectivity index (χ0v) is 22.4. The zero-order valence-electron chi connectivity index (χ0n) is 20.8. The summed E-state index contributed by atoms with van der Waals surface area (Å²) in [6.45, 7) is 3.62. The molecule has 2 fully saturated rings. The normalized spacial score (nSPS) is 17.4. The van der Waals surface area contributed by atoms with Gasteiger partial charge in [0, 0.05) is 45.3 Å². The van der Waals surface area contributed by atoms with Gasteiger partial charge in [-0.15, -0.1) is 18.3 Å². The number of H-pyrrole nitrogens is 1. The van der Waals surface area contributed by atoms with Crippen molar-refractivity contribution in [2.24, 2.45) is 0 Å². The number of likely N-dealkylation sites (tertiary alicyclic amines) is 1. The largest absolute Gasteiger partial charge is 0.573 e. The molecule has 3 aromatic rings. The number of piperazine rings is 1. The maximum absolute atomic E-state index is 13.1. The first kappa shape index (κ1) is 27.2. The third-order valence-electron chi connectivity index (χ3n) is 7.01. The van der Waals surface area contributed by atoms with Crippen molar-refractivity contribution in [1.29, 1.82) is 0 Å². The first-order chi connectivity index (χ1) is 18.7. The number of alkyl halides is 3. The Morgan fingerprint density at radius 1 is 1.03 bits per heavy atom. The summed E-state index contributed by atoms with van der Waals surface area (Å²) in [5.74, 6) is -0.411. The van der Waals surface area contributed by atoms with E-state index < -0.39 is 12.5 Å². The van der Waals surface area contributed by atoms with E-state index in [1.165, 1.54) is 18.2 Å². The van der Waals surface area contributed by atoms with Crippen LogP contribution in [0.4, 0.5) is 18.0 Å². The van der Waals surface area contributed by atoms with Crippen molar-refractivity contribution in [1.82, 2.24) is 30.1 Å². The topological polar surface area (TPSA) is 104 Å². The molecule has 0 atom stereocenters. The molecule has 2 aromatic carbocycles. The van der Waals surface area contributed by atoms with E-state index in [0.717, 1.165) is 18.4 Å². The van der Waals surface area contributed by atoms with Gasteiger partial charge in [0.1, 0.15) is 17.9 Å². The third kappa shape index (κ3) is 6.44. The van der Waals surface area contributed by atoms with Crippen LogP contribution in [0.5, 0.6) is 5.75 Å². The lowest BCUT2D eigenvalue weighted by atomic mass is 10.0. The second kappa shape index (κ2) is 11.4. The van der Waals surface area contributed by atoms with Crippen LogP contribution in [-0.2, 0) is 11.3 Å². The number of hydrogen-bond acceptors (Lipinski definition) is 7. The number of carbonyl (C=O) groups is 2. The van der Waals surface area contributed by atoms with Gasteiger partial charge in [-0.25, -0.2) is 4.79 Å².